The Morgan fingerprint density at radius 3 is 3.00 bits per heavy atom. The summed E-state index contributed by atoms with van der Waals surface area (Å²) in [5.74, 6) is 0. The number of aldehydes is 1. The zero-order valence-corrected chi connectivity index (χ0v) is 7.76. The quantitative estimate of drug-likeness (QED) is 0.653. The van der Waals surface area contributed by atoms with Crippen molar-refractivity contribution in [2.24, 2.45) is 0 Å². The van der Waals surface area contributed by atoms with Crippen LogP contribution in [-0.2, 0) is 0 Å². The lowest BCUT2D eigenvalue weighted by Gasteiger charge is -2.00. The summed E-state index contributed by atoms with van der Waals surface area (Å²) in [6.07, 6.45) is 2.30. The Bertz CT molecular complexity index is 471. The molecule has 0 spiro atoms. The predicted molar refractivity (Wildman–Crippen MR) is 51.3 cm³/mol. The van der Waals surface area contributed by atoms with Gasteiger partial charge in [0.05, 0.1) is 16.8 Å². The van der Waals surface area contributed by atoms with E-state index < -0.39 is 0 Å². The Hall–Kier alpha value is -1.28. The summed E-state index contributed by atoms with van der Waals surface area (Å²) in [4.78, 5) is 10.7. The van der Waals surface area contributed by atoms with Crippen LogP contribution in [0.1, 0.15) is 15.9 Å². The van der Waals surface area contributed by atoms with Crippen molar-refractivity contribution in [3.63, 3.8) is 0 Å². The first-order chi connectivity index (χ1) is 6.24. The van der Waals surface area contributed by atoms with Gasteiger partial charge >= 0.3 is 0 Å². The van der Waals surface area contributed by atoms with Gasteiger partial charge in [0.2, 0.25) is 0 Å². The van der Waals surface area contributed by atoms with Crippen molar-refractivity contribution in [2.45, 2.75) is 6.92 Å². The summed E-state index contributed by atoms with van der Waals surface area (Å²) in [5.41, 5.74) is 1.99. The fraction of sp³-hybridized carbons (Fsp3) is 0.100. The molecule has 0 amide bonds. The van der Waals surface area contributed by atoms with Gasteiger partial charge in [0.1, 0.15) is 5.58 Å². The Morgan fingerprint density at radius 1 is 1.54 bits per heavy atom. The van der Waals surface area contributed by atoms with E-state index in [1.165, 1.54) is 6.26 Å². The van der Waals surface area contributed by atoms with E-state index in [4.69, 9.17) is 16.0 Å². The lowest BCUT2D eigenvalue weighted by molar-refractivity contribution is 0.112. The molecule has 13 heavy (non-hydrogen) atoms. The van der Waals surface area contributed by atoms with Gasteiger partial charge < -0.3 is 4.42 Å². The van der Waals surface area contributed by atoms with Crippen molar-refractivity contribution in [1.29, 1.82) is 0 Å². The molecule has 0 unspecified atom stereocenters. The highest BCUT2D eigenvalue weighted by Crippen LogP contribution is 2.29. The maximum absolute atomic E-state index is 10.7. The van der Waals surface area contributed by atoms with Gasteiger partial charge in [0, 0.05) is 5.39 Å². The minimum atomic E-state index is 0.543. The molecule has 1 heterocycles. The van der Waals surface area contributed by atoms with E-state index >= 15 is 0 Å². The number of hydrogen-bond acceptors (Lipinski definition) is 2. The minimum absolute atomic E-state index is 0.543. The van der Waals surface area contributed by atoms with Gasteiger partial charge in [-0.25, -0.2) is 0 Å². The number of carbonyl (C=O) groups excluding carboxylic acids is 1. The molecule has 1 aromatic heterocycles. The second kappa shape index (κ2) is 2.89. The fourth-order valence-corrected chi connectivity index (χ4v) is 1.57. The molecule has 0 saturated heterocycles. The van der Waals surface area contributed by atoms with Gasteiger partial charge in [-0.3, -0.25) is 4.79 Å². The lowest BCUT2D eigenvalue weighted by Crippen LogP contribution is -1.84. The Balaban J connectivity index is 2.95. The minimum Gasteiger partial charge on any atom is -0.464 e. The third-order valence-corrected chi connectivity index (χ3v) is 2.51. The van der Waals surface area contributed by atoms with Gasteiger partial charge in [0.15, 0.2) is 6.29 Å². The average Bonchev–Trinajstić information content (AvgIpc) is 2.60. The SMILES string of the molecule is Cc1cc(C=O)c2occc2c1Cl. The molecule has 0 atom stereocenters. The molecule has 0 fully saturated rings. The average molecular weight is 195 g/mol. The third-order valence-electron chi connectivity index (χ3n) is 2.01. The predicted octanol–water partition coefficient (Wildman–Crippen LogP) is 3.21. The first-order valence-electron chi connectivity index (χ1n) is 3.85. The maximum Gasteiger partial charge on any atom is 0.153 e. The molecule has 0 saturated carbocycles. The molecule has 0 aliphatic carbocycles. The number of hydrogen-bond donors (Lipinski definition) is 0. The zero-order chi connectivity index (χ0) is 9.42. The molecule has 2 nitrogen and oxygen atoms in total. The van der Waals surface area contributed by atoms with Gasteiger partial charge in [-0.1, -0.05) is 11.6 Å². The summed E-state index contributed by atoms with van der Waals surface area (Å²) >= 11 is 6.02. The highest BCUT2D eigenvalue weighted by atomic mass is 35.5. The molecule has 0 radical (unpaired) electrons. The van der Waals surface area contributed by atoms with E-state index in [1.807, 2.05) is 6.92 Å². The molecule has 2 rings (SSSR count). The molecule has 0 N–H and O–H groups in total. The van der Waals surface area contributed by atoms with Gasteiger partial charge in [-0.05, 0) is 24.6 Å². The first kappa shape index (κ1) is 8.32. The second-order valence-corrected chi connectivity index (χ2v) is 3.26. The Kier molecular flexibility index (Phi) is 1.85. The number of fused-ring (bicyclic) bond motifs is 1. The van der Waals surface area contributed by atoms with Crippen LogP contribution in [0, 0.1) is 6.92 Å². The van der Waals surface area contributed by atoms with Crippen LogP contribution < -0.4 is 0 Å². The first-order valence-corrected chi connectivity index (χ1v) is 4.23. The van der Waals surface area contributed by atoms with Crippen LogP contribution >= 0.6 is 11.6 Å². The number of aryl methyl sites for hydroxylation is 1. The molecule has 0 aliphatic rings. The van der Waals surface area contributed by atoms with E-state index in [2.05, 4.69) is 0 Å². The normalized spacial score (nSPS) is 10.6. The van der Waals surface area contributed by atoms with Gasteiger partial charge in [-0.15, -0.1) is 0 Å². The van der Waals surface area contributed by atoms with Crippen molar-refractivity contribution >= 4 is 28.9 Å². The van der Waals surface area contributed by atoms with Crippen LogP contribution in [0.2, 0.25) is 5.02 Å². The number of benzene rings is 1. The molecule has 66 valence electrons. The second-order valence-electron chi connectivity index (χ2n) is 2.88. The van der Waals surface area contributed by atoms with Crippen molar-refractivity contribution in [3.05, 3.63) is 34.5 Å². The summed E-state index contributed by atoms with van der Waals surface area (Å²) < 4.78 is 5.16. The van der Waals surface area contributed by atoms with E-state index in [-0.39, 0.29) is 0 Å². The molecular formula is C10H7ClO2. The van der Waals surface area contributed by atoms with E-state index in [1.54, 1.807) is 12.1 Å². The van der Waals surface area contributed by atoms with E-state index in [0.717, 1.165) is 17.2 Å². The van der Waals surface area contributed by atoms with Crippen LogP contribution in [0.4, 0.5) is 0 Å². The van der Waals surface area contributed by atoms with Crippen LogP contribution in [0.5, 0.6) is 0 Å². The molecule has 3 heteroatoms. The largest absolute Gasteiger partial charge is 0.464 e. The Morgan fingerprint density at radius 2 is 2.31 bits per heavy atom. The van der Waals surface area contributed by atoms with Crippen LogP contribution in [0.3, 0.4) is 0 Å². The van der Waals surface area contributed by atoms with Crippen molar-refractivity contribution in [1.82, 2.24) is 0 Å². The number of furan rings is 1. The van der Waals surface area contributed by atoms with E-state index in [9.17, 15) is 4.79 Å². The smallest absolute Gasteiger partial charge is 0.153 e. The molecule has 1 aromatic carbocycles. The lowest BCUT2D eigenvalue weighted by atomic mass is 10.1. The molecule has 2 aromatic rings. The van der Waals surface area contributed by atoms with E-state index in [0.29, 0.717) is 16.2 Å². The van der Waals surface area contributed by atoms with Crippen molar-refractivity contribution in [2.75, 3.05) is 0 Å². The van der Waals surface area contributed by atoms with Gasteiger partial charge in [-0.2, -0.15) is 0 Å². The molecule has 0 aliphatic heterocycles. The summed E-state index contributed by atoms with van der Waals surface area (Å²) in [5, 5.41) is 1.44. The standard InChI is InChI=1S/C10H7ClO2/c1-6-4-7(5-12)10-8(9(6)11)2-3-13-10/h2-5H,1H3. The number of carbonyl (C=O) groups is 1. The summed E-state index contributed by atoms with van der Waals surface area (Å²) in [6, 6.07) is 3.48. The van der Waals surface area contributed by atoms with Crippen LogP contribution in [0.25, 0.3) is 11.0 Å². The highest BCUT2D eigenvalue weighted by molar-refractivity contribution is 6.36. The van der Waals surface area contributed by atoms with Crippen molar-refractivity contribution < 1.29 is 9.21 Å². The van der Waals surface area contributed by atoms with Crippen LogP contribution in [-0.4, -0.2) is 6.29 Å². The summed E-state index contributed by atoms with van der Waals surface area (Å²) in [6.45, 7) is 1.86. The number of halogens is 1. The monoisotopic (exact) mass is 194 g/mol. The maximum atomic E-state index is 10.7. The fourth-order valence-electron chi connectivity index (χ4n) is 1.37. The topological polar surface area (TPSA) is 30.2 Å². The molecular weight excluding hydrogens is 188 g/mol. The zero-order valence-electron chi connectivity index (χ0n) is 7.00. The van der Waals surface area contributed by atoms with Crippen LogP contribution in [0.15, 0.2) is 22.8 Å². The highest BCUT2D eigenvalue weighted by Gasteiger charge is 2.09. The Labute approximate surface area is 80.1 Å². The van der Waals surface area contributed by atoms with Gasteiger partial charge in [0.25, 0.3) is 0 Å². The summed E-state index contributed by atoms with van der Waals surface area (Å²) in [7, 11) is 0. The van der Waals surface area contributed by atoms with Crippen molar-refractivity contribution in [3.8, 4) is 0 Å². The molecule has 0 bridgehead atoms. The number of rotatable bonds is 1. The third kappa shape index (κ3) is 1.14.